The smallest absolute Gasteiger partial charge is 0.308 e. The van der Waals surface area contributed by atoms with Gasteiger partial charge in [0.15, 0.2) is 12.4 Å². The van der Waals surface area contributed by atoms with Crippen LogP contribution in [0.5, 0.6) is 17.2 Å². The highest BCUT2D eigenvalue weighted by molar-refractivity contribution is 6.03. The van der Waals surface area contributed by atoms with Crippen molar-refractivity contribution in [3.8, 4) is 17.2 Å². The second-order valence-electron chi connectivity index (χ2n) is 9.38. The van der Waals surface area contributed by atoms with Gasteiger partial charge >= 0.3 is 5.97 Å². The van der Waals surface area contributed by atoms with Crippen molar-refractivity contribution in [1.29, 1.82) is 0 Å². The average molecular weight is 491 g/mol. The minimum absolute atomic E-state index is 0.274. The first-order valence-corrected chi connectivity index (χ1v) is 11.8. The number of carbonyl (C=O) groups is 2. The Balaban J connectivity index is 1.42. The van der Waals surface area contributed by atoms with E-state index in [0.717, 1.165) is 40.8 Å². The van der Waals surface area contributed by atoms with Crippen molar-refractivity contribution in [3.63, 3.8) is 0 Å². The molecule has 0 aliphatic carbocycles. The number of nitrogens with one attached hydrogen (secondary N) is 1. The highest BCUT2D eigenvalue weighted by Gasteiger charge is 2.35. The maximum absolute atomic E-state index is 12.3. The summed E-state index contributed by atoms with van der Waals surface area (Å²) in [4.78, 5) is 23.9. The summed E-state index contributed by atoms with van der Waals surface area (Å²) in [6.45, 7) is 9.65. The number of anilines is 1. The number of pyridine rings is 1. The van der Waals surface area contributed by atoms with Crippen molar-refractivity contribution in [2.75, 3.05) is 11.9 Å². The van der Waals surface area contributed by atoms with Crippen LogP contribution in [0.25, 0.3) is 0 Å². The maximum Gasteiger partial charge on any atom is 0.308 e. The van der Waals surface area contributed by atoms with Crippen LogP contribution in [0.3, 0.4) is 0 Å². The third-order valence-electron chi connectivity index (χ3n) is 6.50. The zero-order chi connectivity index (χ0) is 26.0. The first-order valence-electron chi connectivity index (χ1n) is 11.8. The summed E-state index contributed by atoms with van der Waals surface area (Å²) in [5.74, 6) is 1.39. The largest absolute Gasteiger partial charge is 0.619 e. The molecule has 0 fully saturated rings. The van der Waals surface area contributed by atoms with Crippen LogP contribution in [-0.4, -0.2) is 24.1 Å². The number of nitrogens with zero attached hydrogens (tertiary/aromatic N) is 1. The molecule has 188 valence electrons. The number of fused-ring (bicyclic) bond motifs is 1. The summed E-state index contributed by atoms with van der Waals surface area (Å²) < 4.78 is 18.6. The van der Waals surface area contributed by atoms with Crippen LogP contribution in [0.2, 0.25) is 0 Å². The maximum atomic E-state index is 12.3. The predicted octanol–water partition coefficient (Wildman–Crippen LogP) is 4.59. The Hall–Kier alpha value is -4.07. The van der Waals surface area contributed by atoms with Gasteiger partial charge < -0.3 is 24.7 Å². The molecular weight excluding hydrogens is 460 g/mol. The van der Waals surface area contributed by atoms with Crippen LogP contribution in [0, 0.1) is 26.0 Å². The van der Waals surface area contributed by atoms with Crippen molar-refractivity contribution in [1.82, 2.24) is 0 Å². The fourth-order valence-electron chi connectivity index (χ4n) is 4.34. The zero-order valence-corrected chi connectivity index (χ0v) is 21.1. The second-order valence-corrected chi connectivity index (χ2v) is 9.38. The van der Waals surface area contributed by atoms with Gasteiger partial charge in [-0.15, -0.1) is 0 Å². The minimum atomic E-state index is -0.534. The molecule has 8 heteroatoms. The molecular formula is C28H30N2O6. The van der Waals surface area contributed by atoms with E-state index in [1.807, 2.05) is 27.7 Å². The lowest BCUT2D eigenvalue weighted by Gasteiger charge is -2.37. The van der Waals surface area contributed by atoms with E-state index < -0.39 is 5.60 Å². The summed E-state index contributed by atoms with van der Waals surface area (Å²) >= 11 is 0. The molecule has 1 unspecified atom stereocenters. The Kier molecular flexibility index (Phi) is 6.88. The van der Waals surface area contributed by atoms with Gasteiger partial charge in [-0.25, -0.2) is 0 Å². The number of amides is 1. The molecule has 0 saturated carbocycles. The molecule has 3 aromatic rings. The summed E-state index contributed by atoms with van der Waals surface area (Å²) in [5.41, 5.74) is 4.18. The summed E-state index contributed by atoms with van der Waals surface area (Å²) in [7, 11) is 0. The minimum Gasteiger partial charge on any atom is -0.619 e. The van der Waals surface area contributed by atoms with Gasteiger partial charge in [-0.3, -0.25) is 9.59 Å². The Bertz CT molecular complexity index is 1320. The number of hydrogen-bond acceptors (Lipinski definition) is 6. The van der Waals surface area contributed by atoms with Gasteiger partial charge in [0.25, 0.3) is 5.91 Å². The van der Waals surface area contributed by atoms with Crippen molar-refractivity contribution < 1.29 is 28.5 Å². The Morgan fingerprint density at radius 1 is 1.11 bits per heavy atom. The first-order chi connectivity index (χ1) is 17.1. The van der Waals surface area contributed by atoms with Crippen molar-refractivity contribution in [3.05, 3.63) is 81.8 Å². The van der Waals surface area contributed by atoms with E-state index in [4.69, 9.17) is 14.2 Å². The lowest BCUT2D eigenvalue weighted by Crippen LogP contribution is -2.42. The summed E-state index contributed by atoms with van der Waals surface area (Å²) in [6.07, 6.45) is 4.07. The lowest BCUT2D eigenvalue weighted by molar-refractivity contribution is -0.605. The van der Waals surface area contributed by atoms with E-state index in [9.17, 15) is 14.8 Å². The van der Waals surface area contributed by atoms with E-state index in [0.29, 0.717) is 28.5 Å². The fourth-order valence-corrected chi connectivity index (χ4v) is 4.34. The number of hydrogen-bond donors (Lipinski definition) is 1. The van der Waals surface area contributed by atoms with E-state index in [1.54, 1.807) is 30.3 Å². The quantitative estimate of drug-likeness (QED) is 0.235. The zero-order valence-electron chi connectivity index (χ0n) is 21.1. The van der Waals surface area contributed by atoms with E-state index in [1.165, 1.54) is 25.4 Å². The van der Waals surface area contributed by atoms with Crippen molar-refractivity contribution in [2.24, 2.45) is 0 Å². The molecule has 1 aliphatic rings. The molecule has 1 atom stereocenters. The number of rotatable bonds is 6. The molecule has 1 aromatic heterocycles. The first kappa shape index (κ1) is 25.0. The van der Waals surface area contributed by atoms with Gasteiger partial charge in [-0.1, -0.05) is 0 Å². The molecule has 0 bridgehead atoms. The van der Waals surface area contributed by atoms with E-state index in [2.05, 4.69) is 5.32 Å². The predicted molar refractivity (Wildman–Crippen MR) is 135 cm³/mol. The third-order valence-corrected chi connectivity index (χ3v) is 6.50. The molecule has 2 heterocycles. The molecule has 0 saturated heterocycles. The average Bonchev–Trinajstić information content (AvgIpc) is 2.85. The second kappa shape index (κ2) is 9.89. The topological polar surface area (TPSA) is 101 Å². The van der Waals surface area contributed by atoms with Crippen LogP contribution < -0.4 is 24.3 Å². The highest BCUT2D eigenvalue weighted by Crippen LogP contribution is 2.44. The molecule has 0 radical (unpaired) electrons. The van der Waals surface area contributed by atoms with Gasteiger partial charge in [0.2, 0.25) is 0 Å². The number of benzene rings is 2. The van der Waals surface area contributed by atoms with Gasteiger partial charge in [-0.2, -0.15) is 4.73 Å². The Morgan fingerprint density at radius 2 is 1.83 bits per heavy atom. The molecule has 4 rings (SSSR count). The monoisotopic (exact) mass is 490 g/mol. The number of esters is 1. The third kappa shape index (κ3) is 5.27. The van der Waals surface area contributed by atoms with E-state index >= 15 is 0 Å². The highest BCUT2D eigenvalue weighted by atomic mass is 16.5. The van der Waals surface area contributed by atoms with Gasteiger partial charge in [-0.05, 0) is 87.6 Å². The molecule has 1 N–H and O–H groups in total. The van der Waals surface area contributed by atoms with Crippen LogP contribution in [0.15, 0.2) is 48.8 Å². The molecule has 36 heavy (non-hydrogen) atoms. The molecule has 1 aliphatic heterocycles. The fraction of sp³-hybridized carbons (Fsp3) is 0.321. The van der Waals surface area contributed by atoms with Crippen LogP contribution in [0.1, 0.15) is 52.9 Å². The summed E-state index contributed by atoms with van der Waals surface area (Å²) in [6, 6.07) is 10.1. The molecule has 1 amide bonds. The van der Waals surface area contributed by atoms with E-state index in [-0.39, 0.29) is 17.4 Å². The Labute approximate surface area is 210 Å². The normalized spacial score (nSPS) is 16.5. The van der Waals surface area contributed by atoms with Crippen molar-refractivity contribution >= 4 is 17.6 Å². The van der Waals surface area contributed by atoms with Crippen LogP contribution >= 0.6 is 0 Å². The van der Waals surface area contributed by atoms with Gasteiger partial charge in [0.05, 0.1) is 0 Å². The van der Waals surface area contributed by atoms with Gasteiger partial charge in [0.1, 0.15) is 35.0 Å². The van der Waals surface area contributed by atoms with Crippen molar-refractivity contribution in [2.45, 2.75) is 53.1 Å². The SMILES string of the molecule is CC(=O)Oc1c(C)c(C)c2c(c1C)CCC(C)(COc1ccc(NC(=O)c3ccc[n+]([O-])c3)cc1)O2. The number of carbonyl (C=O) groups excluding carboxylic acids is 2. The lowest BCUT2D eigenvalue weighted by atomic mass is 9.87. The van der Waals surface area contributed by atoms with Crippen LogP contribution in [0.4, 0.5) is 5.69 Å². The summed E-state index contributed by atoms with van der Waals surface area (Å²) in [5, 5.41) is 14.2. The molecule has 2 aromatic carbocycles. The number of ether oxygens (including phenoxy) is 3. The molecule has 8 nitrogen and oxygen atoms in total. The standard InChI is InChI=1S/C28H30N2O6/c1-17-18(2)26-24(19(3)25(17)35-20(4)31)12-13-28(5,36-26)16-34-23-10-8-22(9-11-23)29-27(32)21-7-6-14-30(33)15-21/h6-11,14-15H,12-13,16H2,1-5H3,(H,29,32). The Morgan fingerprint density at radius 3 is 2.50 bits per heavy atom. The van der Waals surface area contributed by atoms with Crippen LogP contribution in [-0.2, 0) is 11.2 Å². The molecule has 0 spiro atoms. The number of aromatic nitrogens is 1. The van der Waals surface area contributed by atoms with Gasteiger partial charge in [0, 0.05) is 24.2 Å².